The van der Waals surface area contributed by atoms with Gasteiger partial charge in [-0.15, -0.1) is 72.8 Å². The number of rotatable bonds is 2. The van der Waals surface area contributed by atoms with Crippen molar-refractivity contribution >= 4 is 11.8 Å². The summed E-state index contributed by atoms with van der Waals surface area (Å²) in [7, 11) is 0. The van der Waals surface area contributed by atoms with E-state index in [-0.39, 0.29) is 20.1 Å². The van der Waals surface area contributed by atoms with Crippen LogP contribution in [0, 0.1) is 12.1 Å². The number of hydrogen-bond acceptors (Lipinski definition) is 1. The van der Waals surface area contributed by atoms with Crippen LogP contribution >= 0.6 is 0 Å². The van der Waals surface area contributed by atoms with E-state index in [0.29, 0.717) is 0 Å². The molecule has 3 aromatic carbocycles. The van der Waals surface area contributed by atoms with Crippen molar-refractivity contribution in [2.24, 2.45) is 0 Å². The topological polar surface area (TPSA) is 27.0 Å². The molecule has 0 spiro atoms. The summed E-state index contributed by atoms with van der Waals surface area (Å²) >= 11 is 0. The summed E-state index contributed by atoms with van der Waals surface area (Å²) in [5, 5.41) is 7.04. The largest absolute Gasteiger partial charge is 3.00 e. The predicted octanol–water partition coefficient (Wildman–Crippen LogP) is 4.36. The monoisotopic (exact) mass is 552 g/mol. The van der Waals surface area contributed by atoms with Gasteiger partial charge in [-0.3, -0.25) is 0 Å². The zero-order valence-electron chi connectivity index (χ0n) is 15.7. The minimum absolute atomic E-state index is 0. The third kappa shape index (κ3) is 5.29. The van der Waals surface area contributed by atoms with Crippen molar-refractivity contribution < 1.29 is 20.1 Å². The van der Waals surface area contributed by atoms with Crippen molar-refractivity contribution in [2.75, 3.05) is 6.54 Å². The van der Waals surface area contributed by atoms with Gasteiger partial charge in [-0.2, -0.15) is 5.56 Å². The van der Waals surface area contributed by atoms with Crippen LogP contribution in [0.2, 0.25) is 0 Å². The molecule has 0 aliphatic carbocycles. The molecule has 5 rings (SSSR count). The normalized spacial score (nSPS) is 11.5. The van der Waals surface area contributed by atoms with Crippen molar-refractivity contribution in [3.05, 3.63) is 131 Å². The van der Waals surface area contributed by atoms with Crippen molar-refractivity contribution in [3.8, 4) is 11.3 Å². The van der Waals surface area contributed by atoms with E-state index in [2.05, 4.69) is 58.8 Å². The molecule has 0 fully saturated rings. The average molecular weight is 552 g/mol. The molecular formula is C26H19IrN2. The van der Waals surface area contributed by atoms with Crippen LogP contribution in [0.5, 0.6) is 0 Å². The molecule has 2 heterocycles. The minimum Gasteiger partial charge on any atom is -0.724 e. The Morgan fingerprint density at radius 3 is 2.10 bits per heavy atom. The van der Waals surface area contributed by atoms with E-state index in [9.17, 15) is 0 Å². The van der Waals surface area contributed by atoms with Crippen LogP contribution < -0.4 is 10.4 Å². The standard InChI is InChI=1S/C15H11N.C11H8N.Ir/c1-2-7-13(8-3-1)15-14-9-5-4-6-12(14)10-11-16-15;1-2-6-10(7-3-1)11-8-4-5-9-12-11;/h1-7,9-10H,11H2;1-6,8-9H;/q-2;-1;+3. The first kappa shape index (κ1) is 20.7. The molecule has 0 atom stereocenters. The summed E-state index contributed by atoms with van der Waals surface area (Å²) in [6.45, 7) is 0.759. The van der Waals surface area contributed by atoms with Gasteiger partial charge >= 0.3 is 20.1 Å². The summed E-state index contributed by atoms with van der Waals surface area (Å²) in [5.41, 5.74) is 4.14. The summed E-state index contributed by atoms with van der Waals surface area (Å²) < 4.78 is 0. The van der Waals surface area contributed by atoms with E-state index < -0.39 is 0 Å². The molecule has 0 saturated heterocycles. The second-order valence-corrected chi connectivity index (χ2v) is 6.25. The Bertz CT molecular complexity index is 1100. The van der Waals surface area contributed by atoms with Crippen molar-refractivity contribution in [1.29, 1.82) is 0 Å². The zero-order valence-corrected chi connectivity index (χ0v) is 18.1. The Hall–Kier alpha value is -3.00. The van der Waals surface area contributed by atoms with Gasteiger partial charge < -0.3 is 10.3 Å². The second kappa shape index (κ2) is 10.5. The average Bonchev–Trinajstić information content (AvgIpc) is 2.81. The molecule has 0 radical (unpaired) electrons. The molecule has 4 aromatic rings. The van der Waals surface area contributed by atoms with Crippen LogP contribution in [0.3, 0.4) is 0 Å². The summed E-state index contributed by atoms with van der Waals surface area (Å²) in [5.74, 6) is 0. The van der Waals surface area contributed by atoms with Crippen molar-refractivity contribution in [2.45, 2.75) is 0 Å². The maximum Gasteiger partial charge on any atom is 3.00 e. The van der Waals surface area contributed by atoms with Crippen LogP contribution in [0.1, 0.15) is 5.56 Å². The maximum absolute atomic E-state index is 4.57. The number of hydrogen-bond donors (Lipinski definition) is 0. The van der Waals surface area contributed by atoms with E-state index in [1.54, 1.807) is 6.20 Å². The third-order valence-corrected chi connectivity index (χ3v) is 4.39. The van der Waals surface area contributed by atoms with Gasteiger partial charge in [0, 0.05) is 6.20 Å². The van der Waals surface area contributed by atoms with Gasteiger partial charge in [0.2, 0.25) is 0 Å². The Kier molecular flexibility index (Phi) is 7.52. The number of aromatic nitrogens is 1. The molecule has 3 heteroatoms. The smallest absolute Gasteiger partial charge is 0.724 e. The first-order chi connectivity index (χ1) is 13.9. The molecule has 0 saturated carbocycles. The molecule has 29 heavy (non-hydrogen) atoms. The van der Waals surface area contributed by atoms with Gasteiger partial charge in [0.05, 0.1) is 0 Å². The van der Waals surface area contributed by atoms with Crippen molar-refractivity contribution in [3.63, 3.8) is 0 Å². The van der Waals surface area contributed by atoms with Crippen molar-refractivity contribution in [1.82, 2.24) is 4.98 Å². The molecule has 0 unspecified atom stereocenters. The van der Waals surface area contributed by atoms with Crippen LogP contribution in [0.4, 0.5) is 0 Å². The molecule has 1 aliphatic rings. The van der Waals surface area contributed by atoms with Crippen LogP contribution in [0.25, 0.3) is 28.3 Å². The molecule has 142 valence electrons. The van der Waals surface area contributed by atoms with E-state index in [0.717, 1.165) is 29.1 Å². The van der Waals surface area contributed by atoms with Gasteiger partial charge in [-0.25, -0.2) is 5.70 Å². The number of nitrogens with zero attached hydrogens (tertiary/aromatic N) is 2. The van der Waals surface area contributed by atoms with E-state index in [4.69, 9.17) is 0 Å². The number of fused-ring (bicyclic) bond motifs is 1. The Balaban J connectivity index is 0.000000167. The number of benzene rings is 3. The third-order valence-electron chi connectivity index (χ3n) is 4.39. The van der Waals surface area contributed by atoms with Gasteiger partial charge in [-0.05, 0) is 17.0 Å². The zero-order chi connectivity index (χ0) is 19.0. The fraction of sp³-hybridized carbons (Fsp3) is 0.0385. The molecule has 1 aliphatic heterocycles. The number of pyridine rings is 1. The molecule has 0 bridgehead atoms. The van der Waals surface area contributed by atoms with Crippen LogP contribution in [-0.4, -0.2) is 11.5 Å². The van der Waals surface area contributed by atoms with Gasteiger partial charge in [0.1, 0.15) is 0 Å². The quantitative estimate of drug-likeness (QED) is 0.340. The molecule has 0 amide bonds. The first-order valence-corrected chi connectivity index (χ1v) is 9.24. The fourth-order valence-corrected chi connectivity index (χ4v) is 3.06. The first-order valence-electron chi connectivity index (χ1n) is 9.24. The Morgan fingerprint density at radius 1 is 0.724 bits per heavy atom. The van der Waals surface area contributed by atoms with Gasteiger partial charge in [0.15, 0.2) is 0 Å². The van der Waals surface area contributed by atoms with Gasteiger partial charge in [0.25, 0.3) is 0 Å². The van der Waals surface area contributed by atoms with Crippen LogP contribution in [0.15, 0.2) is 97.2 Å². The molecule has 2 nitrogen and oxygen atoms in total. The summed E-state index contributed by atoms with van der Waals surface area (Å²) in [6, 6.07) is 36.4. The molecule has 1 aromatic heterocycles. The molecule has 0 N–H and O–H groups in total. The Labute approximate surface area is 185 Å². The molecular weight excluding hydrogens is 533 g/mol. The predicted molar refractivity (Wildman–Crippen MR) is 115 cm³/mol. The van der Waals surface area contributed by atoms with E-state index >= 15 is 0 Å². The van der Waals surface area contributed by atoms with Crippen LogP contribution in [-0.2, 0) is 20.1 Å². The van der Waals surface area contributed by atoms with E-state index in [1.165, 1.54) is 10.4 Å². The Morgan fingerprint density at radius 2 is 1.41 bits per heavy atom. The minimum atomic E-state index is 0. The second-order valence-electron chi connectivity index (χ2n) is 6.25. The fourth-order valence-electron chi connectivity index (χ4n) is 3.06. The SMILES string of the molecule is [Ir+3].[c-]1ccccc1-c1ccccn1.[c-]1ccccc1C1=c2ccccc2=CC[N-]1. The maximum atomic E-state index is 4.57. The summed E-state index contributed by atoms with van der Waals surface area (Å²) in [6.07, 6.45) is 3.94. The summed E-state index contributed by atoms with van der Waals surface area (Å²) in [4.78, 5) is 4.22. The van der Waals surface area contributed by atoms with E-state index in [1.807, 2.05) is 60.7 Å². The van der Waals surface area contributed by atoms with Gasteiger partial charge in [-0.1, -0.05) is 47.7 Å².